The molecular formula is C22H31N3O2. The Balaban J connectivity index is 1.30. The summed E-state index contributed by atoms with van der Waals surface area (Å²) >= 11 is 0. The number of para-hydroxylation sites is 1. The number of piperidine rings is 2. The van der Waals surface area contributed by atoms with Crippen LogP contribution >= 0.6 is 0 Å². The lowest BCUT2D eigenvalue weighted by Gasteiger charge is -2.37. The summed E-state index contributed by atoms with van der Waals surface area (Å²) in [6.45, 7) is 5.22. The highest BCUT2D eigenvalue weighted by Gasteiger charge is 2.27. The van der Waals surface area contributed by atoms with Gasteiger partial charge in [0.25, 0.3) is 0 Å². The standard InChI is InChI=1S/C22H31N3O2/c1-23-16-20(19-5-3-4-6-21(19)23)18-9-11-24(12-10-18)15-17-7-13-25(14-8-17)22(26)27-2/h3-6,16-18H,7-15H2,1-2H3. The number of rotatable bonds is 3. The molecule has 0 N–H and O–H groups in total. The number of carbonyl (C=O) groups excluding carboxylic acids is 1. The van der Waals surface area contributed by atoms with Crippen LogP contribution in [-0.2, 0) is 11.8 Å². The zero-order chi connectivity index (χ0) is 18.8. The fourth-order valence-electron chi connectivity index (χ4n) is 4.92. The summed E-state index contributed by atoms with van der Waals surface area (Å²) in [4.78, 5) is 16.1. The maximum atomic E-state index is 11.6. The van der Waals surface area contributed by atoms with Gasteiger partial charge in [-0.15, -0.1) is 0 Å². The number of benzene rings is 1. The van der Waals surface area contributed by atoms with Crippen LogP contribution in [0.1, 0.15) is 37.2 Å². The average Bonchev–Trinajstić information content (AvgIpc) is 3.05. The van der Waals surface area contributed by atoms with E-state index in [4.69, 9.17) is 4.74 Å². The van der Waals surface area contributed by atoms with E-state index in [0.29, 0.717) is 11.8 Å². The van der Waals surface area contributed by atoms with Crippen molar-refractivity contribution in [3.8, 4) is 0 Å². The molecule has 2 saturated heterocycles. The van der Waals surface area contributed by atoms with E-state index >= 15 is 0 Å². The number of hydrogen-bond donors (Lipinski definition) is 0. The molecule has 1 amide bonds. The lowest BCUT2D eigenvalue weighted by atomic mass is 9.88. The summed E-state index contributed by atoms with van der Waals surface area (Å²) in [5, 5.41) is 1.42. The predicted octanol–water partition coefficient (Wildman–Crippen LogP) is 3.84. The second-order valence-corrected chi connectivity index (χ2v) is 8.19. The smallest absolute Gasteiger partial charge is 0.409 e. The van der Waals surface area contributed by atoms with E-state index in [1.54, 1.807) is 0 Å². The molecule has 2 fully saturated rings. The second kappa shape index (κ2) is 7.93. The van der Waals surface area contributed by atoms with E-state index in [-0.39, 0.29) is 6.09 Å². The molecule has 1 aromatic heterocycles. The molecule has 4 rings (SSSR count). The number of nitrogens with zero attached hydrogens (tertiary/aromatic N) is 3. The first-order valence-electron chi connectivity index (χ1n) is 10.2. The van der Waals surface area contributed by atoms with Crippen LogP contribution in [-0.4, -0.2) is 60.3 Å². The third kappa shape index (κ3) is 3.84. The van der Waals surface area contributed by atoms with Crippen LogP contribution in [0.3, 0.4) is 0 Å². The fourth-order valence-corrected chi connectivity index (χ4v) is 4.92. The number of aromatic nitrogens is 1. The number of methoxy groups -OCH3 is 1. The largest absolute Gasteiger partial charge is 0.453 e. The molecule has 146 valence electrons. The van der Waals surface area contributed by atoms with Gasteiger partial charge in [0.2, 0.25) is 0 Å². The van der Waals surface area contributed by atoms with Crippen molar-refractivity contribution < 1.29 is 9.53 Å². The summed E-state index contributed by atoms with van der Waals surface area (Å²) in [6.07, 6.45) is 6.85. The monoisotopic (exact) mass is 369 g/mol. The Morgan fingerprint density at radius 2 is 1.78 bits per heavy atom. The maximum absolute atomic E-state index is 11.6. The topological polar surface area (TPSA) is 37.7 Å². The molecule has 0 saturated carbocycles. The van der Waals surface area contributed by atoms with Gasteiger partial charge in [0.05, 0.1) is 7.11 Å². The zero-order valence-corrected chi connectivity index (χ0v) is 16.6. The molecule has 27 heavy (non-hydrogen) atoms. The molecule has 0 radical (unpaired) electrons. The van der Waals surface area contributed by atoms with Crippen molar-refractivity contribution in [3.63, 3.8) is 0 Å². The van der Waals surface area contributed by atoms with Gasteiger partial charge in [-0.25, -0.2) is 4.79 Å². The highest BCUT2D eigenvalue weighted by Crippen LogP contribution is 2.34. The van der Waals surface area contributed by atoms with Gasteiger partial charge >= 0.3 is 6.09 Å². The minimum Gasteiger partial charge on any atom is -0.453 e. The SMILES string of the molecule is COC(=O)N1CCC(CN2CCC(c3cn(C)c4ccccc34)CC2)CC1. The van der Waals surface area contributed by atoms with Gasteiger partial charge in [-0.1, -0.05) is 18.2 Å². The Hall–Kier alpha value is -2.01. The van der Waals surface area contributed by atoms with Gasteiger partial charge in [-0.3, -0.25) is 0 Å². The molecule has 0 aliphatic carbocycles. The van der Waals surface area contributed by atoms with Crippen LogP contribution < -0.4 is 0 Å². The number of likely N-dealkylation sites (tertiary alicyclic amines) is 2. The van der Waals surface area contributed by atoms with E-state index in [2.05, 4.69) is 47.0 Å². The Bertz CT molecular complexity index is 784. The summed E-state index contributed by atoms with van der Waals surface area (Å²) in [5.74, 6) is 1.38. The van der Waals surface area contributed by atoms with Crippen molar-refractivity contribution in [2.24, 2.45) is 13.0 Å². The average molecular weight is 370 g/mol. The summed E-state index contributed by atoms with van der Waals surface area (Å²) in [6, 6.07) is 8.77. The Morgan fingerprint density at radius 3 is 2.48 bits per heavy atom. The van der Waals surface area contributed by atoms with Gasteiger partial charge < -0.3 is 19.1 Å². The van der Waals surface area contributed by atoms with E-state index in [9.17, 15) is 4.79 Å². The minimum absolute atomic E-state index is 0.177. The predicted molar refractivity (Wildman–Crippen MR) is 108 cm³/mol. The molecule has 2 aliphatic heterocycles. The molecule has 0 spiro atoms. The van der Waals surface area contributed by atoms with Gasteiger partial charge in [0.1, 0.15) is 0 Å². The fraction of sp³-hybridized carbons (Fsp3) is 0.591. The van der Waals surface area contributed by atoms with Crippen LogP contribution in [0.2, 0.25) is 0 Å². The third-order valence-corrected chi connectivity index (χ3v) is 6.52. The van der Waals surface area contributed by atoms with Gasteiger partial charge in [-0.2, -0.15) is 0 Å². The maximum Gasteiger partial charge on any atom is 0.409 e. The molecule has 0 atom stereocenters. The summed E-state index contributed by atoms with van der Waals surface area (Å²) < 4.78 is 7.11. The van der Waals surface area contributed by atoms with Crippen LogP contribution in [0, 0.1) is 5.92 Å². The number of amides is 1. The van der Waals surface area contributed by atoms with Crippen LogP contribution in [0.25, 0.3) is 10.9 Å². The second-order valence-electron chi connectivity index (χ2n) is 8.19. The molecule has 3 heterocycles. The molecule has 5 nitrogen and oxygen atoms in total. The first kappa shape index (κ1) is 18.4. The van der Waals surface area contributed by atoms with Gasteiger partial charge in [0, 0.05) is 43.8 Å². The Kier molecular flexibility index (Phi) is 5.39. The van der Waals surface area contributed by atoms with Crippen LogP contribution in [0.4, 0.5) is 4.79 Å². The minimum atomic E-state index is -0.177. The van der Waals surface area contributed by atoms with Crippen molar-refractivity contribution in [1.29, 1.82) is 0 Å². The molecule has 5 heteroatoms. The van der Waals surface area contributed by atoms with Crippen LogP contribution in [0.15, 0.2) is 30.5 Å². The molecular weight excluding hydrogens is 338 g/mol. The van der Waals surface area contributed by atoms with E-state index in [0.717, 1.165) is 25.9 Å². The first-order chi connectivity index (χ1) is 13.2. The number of carbonyl (C=O) groups is 1. The highest BCUT2D eigenvalue weighted by molar-refractivity contribution is 5.84. The van der Waals surface area contributed by atoms with Gasteiger partial charge in [0.15, 0.2) is 0 Å². The Labute approximate surface area is 161 Å². The van der Waals surface area contributed by atoms with Crippen molar-refractivity contribution in [2.75, 3.05) is 39.8 Å². The molecule has 0 bridgehead atoms. The lowest BCUT2D eigenvalue weighted by molar-refractivity contribution is 0.0942. The number of aryl methyl sites for hydroxylation is 1. The van der Waals surface area contributed by atoms with Gasteiger partial charge in [-0.05, 0) is 62.2 Å². The number of fused-ring (bicyclic) bond motifs is 1. The van der Waals surface area contributed by atoms with E-state index < -0.39 is 0 Å². The Morgan fingerprint density at radius 1 is 1.07 bits per heavy atom. The van der Waals surface area contributed by atoms with Crippen LogP contribution in [0.5, 0.6) is 0 Å². The number of ether oxygens (including phenoxy) is 1. The highest BCUT2D eigenvalue weighted by atomic mass is 16.5. The molecule has 2 aliphatic rings. The van der Waals surface area contributed by atoms with Crippen molar-refractivity contribution >= 4 is 17.0 Å². The molecule has 1 aromatic carbocycles. The normalized spacial score (nSPS) is 20.3. The zero-order valence-electron chi connectivity index (χ0n) is 16.6. The number of hydrogen-bond acceptors (Lipinski definition) is 3. The lowest BCUT2D eigenvalue weighted by Crippen LogP contribution is -2.43. The molecule has 2 aromatic rings. The summed E-state index contributed by atoms with van der Waals surface area (Å²) in [5.41, 5.74) is 2.87. The van der Waals surface area contributed by atoms with E-state index in [1.807, 2.05) is 4.90 Å². The molecule has 0 unspecified atom stereocenters. The van der Waals surface area contributed by atoms with Crippen molar-refractivity contribution in [2.45, 2.75) is 31.6 Å². The third-order valence-electron chi connectivity index (χ3n) is 6.52. The summed E-state index contributed by atoms with van der Waals surface area (Å²) in [7, 11) is 3.62. The first-order valence-corrected chi connectivity index (χ1v) is 10.2. The van der Waals surface area contributed by atoms with E-state index in [1.165, 1.54) is 56.1 Å². The van der Waals surface area contributed by atoms with Crippen molar-refractivity contribution in [3.05, 3.63) is 36.0 Å². The van der Waals surface area contributed by atoms with Crippen molar-refractivity contribution in [1.82, 2.24) is 14.4 Å². The quantitative estimate of drug-likeness (QED) is 0.825.